The summed E-state index contributed by atoms with van der Waals surface area (Å²) in [4.78, 5) is 23.8. The van der Waals surface area contributed by atoms with Crippen LogP contribution < -0.4 is 10.1 Å². The Bertz CT molecular complexity index is 783. The minimum atomic E-state index is -0.588. The van der Waals surface area contributed by atoms with Gasteiger partial charge in [0.1, 0.15) is 5.75 Å². The second kappa shape index (κ2) is 10.0. The number of hydrogen-bond donors (Lipinski definition) is 1. The molecule has 0 aliphatic rings. The van der Waals surface area contributed by atoms with E-state index in [-0.39, 0.29) is 12.5 Å². The van der Waals surface area contributed by atoms with E-state index in [9.17, 15) is 9.59 Å². The van der Waals surface area contributed by atoms with Crippen LogP contribution in [0.1, 0.15) is 25.0 Å². The highest BCUT2D eigenvalue weighted by molar-refractivity contribution is 5.95. The highest BCUT2D eigenvalue weighted by atomic mass is 16.5. The Morgan fingerprint density at radius 2 is 1.77 bits per heavy atom. The van der Waals surface area contributed by atoms with E-state index in [1.165, 1.54) is 6.08 Å². The smallest absolute Gasteiger partial charge is 0.331 e. The fraction of sp³-hybridized carbons (Fsp3) is 0.238. The summed E-state index contributed by atoms with van der Waals surface area (Å²) in [6, 6.07) is 14.9. The van der Waals surface area contributed by atoms with Gasteiger partial charge in [0.15, 0.2) is 6.61 Å². The van der Waals surface area contributed by atoms with E-state index in [2.05, 4.69) is 5.32 Å². The normalized spacial score (nSPS) is 10.5. The molecule has 0 aliphatic carbocycles. The van der Waals surface area contributed by atoms with E-state index < -0.39 is 5.97 Å². The van der Waals surface area contributed by atoms with Crippen molar-refractivity contribution in [1.82, 2.24) is 0 Å². The minimum absolute atomic E-state index is 0.339. The summed E-state index contributed by atoms with van der Waals surface area (Å²) in [5.41, 5.74) is 2.53. The Morgan fingerprint density at radius 3 is 2.54 bits per heavy atom. The van der Waals surface area contributed by atoms with Gasteiger partial charge in [0.25, 0.3) is 5.91 Å². The first-order valence-corrected chi connectivity index (χ1v) is 8.58. The summed E-state index contributed by atoms with van der Waals surface area (Å²) < 4.78 is 10.5. The molecule has 0 aliphatic heterocycles. The standard InChI is InChI=1S/C21H23NO4/c1-3-16-9-5-7-11-18(16)22-20(23)15-26-21(24)14-13-17-10-6-8-12-19(17)25-4-2/h5-14H,3-4,15H2,1-2H3,(H,22,23)/b14-13+. The van der Waals surface area contributed by atoms with Crippen molar-refractivity contribution < 1.29 is 19.1 Å². The zero-order chi connectivity index (χ0) is 18.8. The number of carbonyl (C=O) groups is 2. The van der Waals surface area contributed by atoms with Crippen LogP contribution in [0.2, 0.25) is 0 Å². The molecule has 0 unspecified atom stereocenters. The lowest BCUT2D eigenvalue weighted by molar-refractivity contribution is -0.142. The van der Waals surface area contributed by atoms with Gasteiger partial charge in [0, 0.05) is 17.3 Å². The second-order valence-electron chi connectivity index (χ2n) is 5.47. The van der Waals surface area contributed by atoms with E-state index in [4.69, 9.17) is 9.47 Å². The first kappa shape index (κ1) is 19.2. The molecule has 0 spiro atoms. The van der Waals surface area contributed by atoms with Gasteiger partial charge in [-0.05, 0) is 37.1 Å². The van der Waals surface area contributed by atoms with Crippen LogP contribution in [0.25, 0.3) is 6.08 Å². The maximum absolute atomic E-state index is 12.0. The van der Waals surface area contributed by atoms with Crippen LogP contribution in [0, 0.1) is 0 Å². The van der Waals surface area contributed by atoms with Crippen molar-refractivity contribution in [2.45, 2.75) is 20.3 Å². The number of nitrogens with one attached hydrogen (secondary N) is 1. The molecule has 0 radical (unpaired) electrons. The van der Waals surface area contributed by atoms with Gasteiger partial charge < -0.3 is 14.8 Å². The monoisotopic (exact) mass is 353 g/mol. The number of benzene rings is 2. The van der Waals surface area contributed by atoms with Gasteiger partial charge in [-0.3, -0.25) is 4.79 Å². The molecule has 0 fully saturated rings. The van der Waals surface area contributed by atoms with Crippen LogP contribution >= 0.6 is 0 Å². The minimum Gasteiger partial charge on any atom is -0.493 e. The van der Waals surface area contributed by atoms with Crippen LogP contribution in [0.3, 0.4) is 0 Å². The zero-order valence-electron chi connectivity index (χ0n) is 15.0. The van der Waals surface area contributed by atoms with Gasteiger partial charge in [0.2, 0.25) is 0 Å². The average molecular weight is 353 g/mol. The van der Waals surface area contributed by atoms with E-state index in [1.54, 1.807) is 6.08 Å². The van der Waals surface area contributed by atoms with Crippen LogP contribution in [-0.4, -0.2) is 25.1 Å². The average Bonchev–Trinajstić information content (AvgIpc) is 2.66. The molecular weight excluding hydrogens is 330 g/mol. The lowest BCUT2D eigenvalue weighted by Crippen LogP contribution is -2.20. The maximum atomic E-state index is 12.0. The topological polar surface area (TPSA) is 64.6 Å². The maximum Gasteiger partial charge on any atom is 0.331 e. The Balaban J connectivity index is 1.87. The zero-order valence-corrected chi connectivity index (χ0v) is 15.0. The number of anilines is 1. The first-order valence-electron chi connectivity index (χ1n) is 8.58. The largest absolute Gasteiger partial charge is 0.493 e. The van der Waals surface area contributed by atoms with Crippen molar-refractivity contribution in [2.75, 3.05) is 18.5 Å². The molecule has 0 saturated carbocycles. The Hall–Kier alpha value is -3.08. The third-order valence-corrected chi connectivity index (χ3v) is 3.64. The van der Waals surface area contributed by atoms with Gasteiger partial charge in [-0.2, -0.15) is 0 Å². The number of aryl methyl sites for hydroxylation is 1. The Labute approximate surface area is 153 Å². The number of hydrogen-bond acceptors (Lipinski definition) is 4. The van der Waals surface area contributed by atoms with Crippen molar-refractivity contribution in [1.29, 1.82) is 0 Å². The van der Waals surface area contributed by atoms with Gasteiger partial charge in [-0.1, -0.05) is 43.3 Å². The fourth-order valence-electron chi connectivity index (χ4n) is 2.38. The molecule has 5 nitrogen and oxygen atoms in total. The van der Waals surface area contributed by atoms with Gasteiger partial charge in [0.05, 0.1) is 6.61 Å². The molecule has 136 valence electrons. The van der Waals surface area contributed by atoms with Gasteiger partial charge in [-0.15, -0.1) is 0 Å². The molecule has 0 aromatic heterocycles. The quantitative estimate of drug-likeness (QED) is 0.578. The number of ether oxygens (including phenoxy) is 2. The molecule has 1 amide bonds. The predicted octanol–water partition coefficient (Wildman–Crippen LogP) is 3.84. The van der Waals surface area contributed by atoms with Crippen LogP contribution in [0.15, 0.2) is 54.6 Å². The molecule has 2 rings (SSSR count). The molecule has 26 heavy (non-hydrogen) atoms. The third kappa shape index (κ3) is 5.77. The molecule has 0 saturated heterocycles. The summed E-state index contributed by atoms with van der Waals surface area (Å²) in [7, 11) is 0. The Morgan fingerprint density at radius 1 is 1.04 bits per heavy atom. The number of esters is 1. The summed E-state index contributed by atoms with van der Waals surface area (Å²) in [6.07, 6.45) is 3.70. The summed E-state index contributed by atoms with van der Waals surface area (Å²) >= 11 is 0. The molecule has 1 N–H and O–H groups in total. The van der Waals surface area contributed by atoms with E-state index >= 15 is 0 Å². The van der Waals surface area contributed by atoms with Crippen molar-refractivity contribution in [3.63, 3.8) is 0 Å². The number of amides is 1. The van der Waals surface area contributed by atoms with Crippen molar-refractivity contribution in [3.8, 4) is 5.75 Å². The fourth-order valence-corrected chi connectivity index (χ4v) is 2.38. The van der Waals surface area contributed by atoms with Gasteiger partial charge >= 0.3 is 5.97 Å². The Kier molecular flexibility index (Phi) is 7.43. The number of rotatable bonds is 8. The highest BCUT2D eigenvalue weighted by Crippen LogP contribution is 2.19. The van der Waals surface area contributed by atoms with E-state index in [0.29, 0.717) is 12.4 Å². The molecule has 0 bridgehead atoms. The van der Waals surface area contributed by atoms with E-state index in [1.807, 2.05) is 62.4 Å². The van der Waals surface area contributed by atoms with Crippen molar-refractivity contribution in [3.05, 3.63) is 65.7 Å². The third-order valence-electron chi connectivity index (χ3n) is 3.64. The highest BCUT2D eigenvalue weighted by Gasteiger charge is 2.08. The first-order chi connectivity index (χ1) is 12.6. The second-order valence-corrected chi connectivity index (χ2v) is 5.47. The van der Waals surface area contributed by atoms with Crippen molar-refractivity contribution >= 4 is 23.6 Å². The lowest BCUT2D eigenvalue weighted by Gasteiger charge is -2.09. The SMILES string of the molecule is CCOc1ccccc1/C=C/C(=O)OCC(=O)Nc1ccccc1CC. The molecule has 0 atom stereocenters. The predicted molar refractivity (Wildman–Crippen MR) is 102 cm³/mol. The summed E-state index contributed by atoms with van der Waals surface area (Å²) in [5, 5.41) is 2.76. The number of para-hydroxylation sites is 2. The van der Waals surface area contributed by atoms with E-state index in [0.717, 1.165) is 23.2 Å². The van der Waals surface area contributed by atoms with Crippen LogP contribution in [-0.2, 0) is 20.7 Å². The summed E-state index contributed by atoms with van der Waals surface area (Å²) in [6.45, 7) is 4.10. The molecular formula is C21H23NO4. The van der Waals surface area contributed by atoms with Crippen LogP contribution in [0.4, 0.5) is 5.69 Å². The summed E-state index contributed by atoms with van der Waals surface area (Å²) in [5.74, 6) is -0.273. The molecule has 5 heteroatoms. The van der Waals surface area contributed by atoms with Crippen LogP contribution in [0.5, 0.6) is 5.75 Å². The molecule has 2 aromatic carbocycles. The van der Waals surface area contributed by atoms with Crippen molar-refractivity contribution in [2.24, 2.45) is 0 Å². The molecule has 0 heterocycles. The number of carbonyl (C=O) groups excluding carboxylic acids is 2. The van der Waals surface area contributed by atoms with Gasteiger partial charge in [-0.25, -0.2) is 4.79 Å². The lowest BCUT2D eigenvalue weighted by atomic mass is 10.1. The molecule has 2 aromatic rings.